The monoisotopic (exact) mass is 617 g/mol. The molecule has 2 aromatic carbocycles. The summed E-state index contributed by atoms with van der Waals surface area (Å²) < 4.78 is 5.23. The van der Waals surface area contributed by atoms with Gasteiger partial charge in [-0.25, -0.2) is 14.8 Å². The zero-order valence-electron chi connectivity index (χ0n) is 25.8. The number of pyridine rings is 1. The number of nitrogens with zero attached hydrogens (tertiary/aromatic N) is 2. The second-order valence-electron chi connectivity index (χ2n) is 11.1. The number of alkyl carbamates (subject to hydrolysis) is 1. The van der Waals surface area contributed by atoms with E-state index >= 15 is 0 Å². The molecule has 0 aliphatic rings. The highest BCUT2D eigenvalue weighted by Crippen LogP contribution is 2.23. The number of nitrogens with one attached hydrogen (secondary N) is 3. The molecule has 11 heteroatoms. The van der Waals surface area contributed by atoms with Crippen LogP contribution in [0.15, 0.2) is 85.1 Å². The lowest BCUT2D eigenvalue weighted by Gasteiger charge is -2.30. The summed E-state index contributed by atoms with van der Waals surface area (Å²) in [5.41, 5.74) is 1.99. The fourth-order valence-electron chi connectivity index (χ4n) is 4.97. The van der Waals surface area contributed by atoms with Crippen molar-refractivity contribution in [1.29, 1.82) is 0 Å². The van der Waals surface area contributed by atoms with Gasteiger partial charge in [0.25, 0.3) is 0 Å². The highest BCUT2D eigenvalue weighted by Gasteiger charge is 2.33. The van der Waals surface area contributed by atoms with Crippen LogP contribution in [0.2, 0.25) is 0 Å². The summed E-state index contributed by atoms with van der Waals surface area (Å²) in [6.07, 6.45) is 3.68. The van der Waals surface area contributed by atoms with Gasteiger partial charge < -0.3 is 20.7 Å². The molecule has 0 spiro atoms. The summed E-state index contributed by atoms with van der Waals surface area (Å²) >= 11 is 0. The number of unbranched alkanes of at least 4 members (excludes halogenated alkanes) is 1. The molecule has 4 amide bonds. The first kappa shape index (κ1) is 34.7. The Balaban J connectivity index is 1.61. The first-order valence-corrected chi connectivity index (χ1v) is 15.2. The lowest BCUT2D eigenvalue weighted by Crippen LogP contribution is -2.50. The van der Waals surface area contributed by atoms with Crippen molar-refractivity contribution in [3.63, 3.8) is 0 Å². The number of carbonyl (C=O) groups is 4. The molecule has 240 valence electrons. The molecule has 4 N–H and O–H groups in total. The molecule has 0 fully saturated rings. The van der Waals surface area contributed by atoms with E-state index in [1.54, 1.807) is 31.3 Å². The lowest BCUT2D eigenvalue weighted by atomic mass is 9.86. The van der Waals surface area contributed by atoms with Crippen LogP contribution in [0.4, 0.5) is 10.6 Å². The summed E-state index contributed by atoms with van der Waals surface area (Å²) in [6, 6.07) is 22.6. The van der Waals surface area contributed by atoms with Crippen molar-refractivity contribution >= 4 is 30.1 Å². The van der Waals surface area contributed by atoms with Crippen molar-refractivity contribution in [2.24, 2.45) is 11.8 Å². The van der Waals surface area contributed by atoms with Gasteiger partial charge in [-0.05, 0) is 68.2 Å². The van der Waals surface area contributed by atoms with Gasteiger partial charge >= 0.3 is 6.09 Å². The van der Waals surface area contributed by atoms with Crippen LogP contribution in [0.25, 0.3) is 0 Å². The van der Waals surface area contributed by atoms with Crippen molar-refractivity contribution in [3.05, 3.63) is 96.2 Å². The van der Waals surface area contributed by atoms with E-state index in [0.29, 0.717) is 43.1 Å². The second kappa shape index (κ2) is 18.8. The average Bonchev–Trinajstić information content (AvgIpc) is 3.06. The number of hydrogen-bond acceptors (Lipinski definition) is 7. The van der Waals surface area contributed by atoms with E-state index in [0.717, 1.165) is 11.1 Å². The third kappa shape index (κ3) is 12.4. The Morgan fingerprint density at radius 3 is 2.22 bits per heavy atom. The van der Waals surface area contributed by atoms with Crippen LogP contribution in [0, 0.1) is 11.8 Å². The minimum Gasteiger partial charge on any atom is -0.445 e. The maximum atomic E-state index is 13.7. The van der Waals surface area contributed by atoms with Crippen LogP contribution >= 0.6 is 0 Å². The number of rotatable bonds is 18. The summed E-state index contributed by atoms with van der Waals surface area (Å²) in [6.45, 7) is 4.09. The topological polar surface area (TPSA) is 150 Å². The zero-order valence-corrected chi connectivity index (χ0v) is 25.8. The van der Waals surface area contributed by atoms with Gasteiger partial charge in [0.1, 0.15) is 18.5 Å². The zero-order chi connectivity index (χ0) is 32.4. The minimum atomic E-state index is -0.924. The van der Waals surface area contributed by atoms with Crippen LogP contribution in [0.3, 0.4) is 0 Å². The molecule has 3 aromatic rings. The van der Waals surface area contributed by atoms with Crippen molar-refractivity contribution in [3.8, 4) is 0 Å². The number of anilines is 1. The number of aromatic nitrogens is 1. The van der Waals surface area contributed by atoms with Gasteiger partial charge in [0.15, 0.2) is 0 Å². The Labute approximate surface area is 264 Å². The van der Waals surface area contributed by atoms with Crippen molar-refractivity contribution < 1.29 is 29.1 Å². The Bertz CT molecular complexity index is 1330. The maximum Gasteiger partial charge on any atom is 0.407 e. The Hall–Kier alpha value is -4.77. The molecule has 1 aromatic heterocycles. The van der Waals surface area contributed by atoms with E-state index in [9.17, 15) is 24.4 Å². The Morgan fingerprint density at radius 2 is 1.58 bits per heavy atom. The van der Waals surface area contributed by atoms with E-state index in [4.69, 9.17) is 4.74 Å². The third-order valence-corrected chi connectivity index (χ3v) is 7.48. The van der Waals surface area contributed by atoms with Gasteiger partial charge in [-0.15, -0.1) is 0 Å². The normalized spacial score (nSPS) is 13.4. The van der Waals surface area contributed by atoms with Gasteiger partial charge in [0, 0.05) is 12.7 Å². The highest BCUT2D eigenvalue weighted by atomic mass is 16.5. The average molecular weight is 618 g/mol. The van der Waals surface area contributed by atoms with E-state index in [1.165, 1.54) is 0 Å². The van der Waals surface area contributed by atoms with Gasteiger partial charge in [-0.1, -0.05) is 73.7 Å². The van der Waals surface area contributed by atoms with Crippen LogP contribution in [0.5, 0.6) is 0 Å². The van der Waals surface area contributed by atoms with Crippen molar-refractivity contribution in [1.82, 2.24) is 20.7 Å². The predicted octanol–water partition coefficient (Wildman–Crippen LogP) is 4.72. The standard InChI is InChI=1S/C34H43N5O6/c1-25(21-27-13-5-3-6-14-27)22-29(26(2)39(44)24-40)32(41)37-30(33(42)38-31-18-10-12-19-35-31)17-9-11-20-36-34(43)45-23-28-15-7-4-8-16-28/h3-8,10,12-16,18-19,24-26,29-30,44H,9,11,17,20-23H2,1-2H3,(H,36,43)(H,37,41)(H,35,38,42)/t25?,26-,29+,30+/m1/s1. The van der Waals surface area contributed by atoms with Gasteiger partial charge in [-0.3, -0.25) is 19.6 Å². The fourth-order valence-corrected chi connectivity index (χ4v) is 4.97. The number of benzene rings is 2. The van der Waals surface area contributed by atoms with E-state index in [-0.39, 0.29) is 25.4 Å². The first-order valence-electron chi connectivity index (χ1n) is 15.2. The van der Waals surface area contributed by atoms with Gasteiger partial charge in [0.05, 0.1) is 12.0 Å². The molecule has 1 heterocycles. The number of hydroxylamine groups is 2. The van der Waals surface area contributed by atoms with Crippen LogP contribution in [-0.2, 0) is 32.1 Å². The summed E-state index contributed by atoms with van der Waals surface area (Å²) in [7, 11) is 0. The van der Waals surface area contributed by atoms with Gasteiger partial charge in [-0.2, -0.15) is 0 Å². The molecule has 0 saturated carbocycles. The summed E-state index contributed by atoms with van der Waals surface area (Å²) in [4.78, 5) is 54.6. The number of amides is 4. The van der Waals surface area contributed by atoms with Crippen LogP contribution < -0.4 is 16.0 Å². The third-order valence-electron chi connectivity index (χ3n) is 7.48. The number of ether oxygens (including phenoxy) is 1. The molecule has 4 atom stereocenters. The molecule has 0 bridgehead atoms. The molecular weight excluding hydrogens is 574 g/mol. The predicted molar refractivity (Wildman–Crippen MR) is 170 cm³/mol. The molecule has 1 unspecified atom stereocenters. The lowest BCUT2D eigenvalue weighted by molar-refractivity contribution is -0.166. The Morgan fingerprint density at radius 1 is 0.911 bits per heavy atom. The molecule has 0 aliphatic heterocycles. The molecular formula is C34H43N5O6. The SMILES string of the molecule is CC(Cc1ccccc1)C[C@H](C(=O)N[C@@H](CCCCNC(=O)OCc1ccccc1)C(=O)Nc1ccccn1)[C@@H](C)N(O)C=O. The quantitative estimate of drug-likeness (QED) is 0.0698. The summed E-state index contributed by atoms with van der Waals surface area (Å²) in [5.74, 6) is -1.30. The Kier molecular flexibility index (Phi) is 14.5. The van der Waals surface area contributed by atoms with E-state index in [1.807, 2.05) is 67.6 Å². The first-order chi connectivity index (χ1) is 21.8. The summed E-state index contributed by atoms with van der Waals surface area (Å²) in [5, 5.41) is 19.0. The van der Waals surface area contributed by atoms with Crippen LogP contribution in [-0.4, -0.2) is 58.2 Å². The van der Waals surface area contributed by atoms with Gasteiger partial charge in [0.2, 0.25) is 18.2 Å². The van der Waals surface area contributed by atoms with Crippen molar-refractivity contribution in [2.45, 2.75) is 64.6 Å². The van der Waals surface area contributed by atoms with E-state index in [2.05, 4.69) is 20.9 Å². The molecule has 11 nitrogen and oxygen atoms in total. The molecule has 45 heavy (non-hydrogen) atoms. The number of carbonyl (C=O) groups excluding carboxylic acids is 4. The fraction of sp³-hybridized carbons (Fsp3) is 0.382. The van der Waals surface area contributed by atoms with E-state index < -0.39 is 35.9 Å². The molecule has 0 radical (unpaired) electrons. The van der Waals surface area contributed by atoms with Crippen molar-refractivity contribution in [2.75, 3.05) is 11.9 Å². The second-order valence-corrected chi connectivity index (χ2v) is 11.1. The van der Waals surface area contributed by atoms with Crippen LogP contribution in [0.1, 0.15) is 50.7 Å². The smallest absolute Gasteiger partial charge is 0.407 e. The largest absolute Gasteiger partial charge is 0.445 e. The highest BCUT2D eigenvalue weighted by molar-refractivity contribution is 5.96. The maximum absolute atomic E-state index is 13.7. The minimum absolute atomic E-state index is 0.0409. The number of hydrogen-bond donors (Lipinski definition) is 4. The molecule has 0 aliphatic carbocycles. The molecule has 3 rings (SSSR count). The molecule has 0 saturated heterocycles.